The van der Waals surface area contributed by atoms with Crippen molar-refractivity contribution < 1.29 is 23.8 Å². The number of aliphatic hydroxyl groups is 1. The first-order valence-electron chi connectivity index (χ1n) is 11.0. The number of benzene rings is 3. The normalized spacial score (nSPS) is 17.6. The van der Waals surface area contributed by atoms with Crippen LogP contribution in [0.5, 0.6) is 0 Å². The van der Waals surface area contributed by atoms with Crippen molar-refractivity contribution in [1.82, 2.24) is 5.32 Å². The van der Waals surface area contributed by atoms with Crippen LogP contribution >= 0.6 is 22.6 Å². The standard InChI is InChI=1S/C27H25FINO4/c28-23-9-5-18(6-10-23)15-30-27(32)25-13-22(21-7-11-24(29)12-8-21)14-26(34-25)33-17-20-3-1-19(16-31)2-4-20/h1-13,22,26,31H,14-17H2,(H,30,32)/t22-,26+/m0/s1. The zero-order valence-electron chi connectivity index (χ0n) is 18.4. The van der Waals surface area contributed by atoms with Gasteiger partial charge in [-0.2, -0.15) is 0 Å². The van der Waals surface area contributed by atoms with E-state index in [9.17, 15) is 14.3 Å². The quantitative estimate of drug-likeness (QED) is 0.365. The molecule has 0 radical (unpaired) electrons. The average Bonchev–Trinajstić information content (AvgIpc) is 2.87. The number of aliphatic hydroxyl groups excluding tert-OH is 1. The second kappa shape index (κ2) is 11.6. The minimum Gasteiger partial charge on any atom is -0.459 e. The van der Waals surface area contributed by atoms with Gasteiger partial charge in [0.15, 0.2) is 5.76 Å². The van der Waals surface area contributed by atoms with Gasteiger partial charge in [0.1, 0.15) is 5.82 Å². The van der Waals surface area contributed by atoms with Crippen LogP contribution in [-0.4, -0.2) is 17.3 Å². The molecule has 0 aromatic heterocycles. The van der Waals surface area contributed by atoms with Gasteiger partial charge < -0.3 is 19.9 Å². The Bertz CT molecular complexity index is 1130. The van der Waals surface area contributed by atoms with Crippen molar-refractivity contribution >= 4 is 28.5 Å². The predicted octanol–water partition coefficient (Wildman–Crippen LogP) is 5.17. The van der Waals surface area contributed by atoms with E-state index >= 15 is 0 Å². The number of ether oxygens (including phenoxy) is 2. The van der Waals surface area contributed by atoms with Crippen LogP contribution in [0.1, 0.15) is 34.6 Å². The van der Waals surface area contributed by atoms with Crippen LogP contribution in [-0.2, 0) is 34.0 Å². The van der Waals surface area contributed by atoms with Crippen LogP contribution in [0.2, 0.25) is 0 Å². The first-order chi connectivity index (χ1) is 16.5. The van der Waals surface area contributed by atoms with Crippen LogP contribution in [0, 0.1) is 9.39 Å². The van der Waals surface area contributed by atoms with E-state index in [4.69, 9.17) is 9.47 Å². The Morgan fingerprint density at radius 1 is 1.00 bits per heavy atom. The Morgan fingerprint density at radius 2 is 1.65 bits per heavy atom. The summed E-state index contributed by atoms with van der Waals surface area (Å²) in [5.74, 6) is -0.503. The van der Waals surface area contributed by atoms with Crippen LogP contribution in [0.25, 0.3) is 0 Å². The molecular weight excluding hydrogens is 548 g/mol. The number of amides is 1. The zero-order valence-corrected chi connectivity index (χ0v) is 20.6. The molecule has 1 aliphatic rings. The summed E-state index contributed by atoms with van der Waals surface area (Å²) >= 11 is 2.26. The number of hydrogen-bond acceptors (Lipinski definition) is 4. The fourth-order valence-corrected chi connectivity index (χ4v) is 4.02. The largest absolute Gasteiger partial charge is 0.459 e. The maximum Gasteiger partial charge on any atom is 0.286 e. The van der Waals surface area contributed by atoms with Crippen molar-refractivity contribution in [1.29, 1.82) is 0 Å². The number of rotatable bonds is 8. The fourth-order valence-electron chi connectivity index (χ4n) is 3.66. The summed E-state index contributed by atoms with van der Waals surface area (Å²) in [7, 11) is 0. The number of hydrogen-bond donors (Lipinski definition) is 2. The highest BCUT2D eigenvalue weighted by molar-refractivity contribution is 14.1. The lowest BCUT2D eigenvalue weighted by atomic mass is 9.93. The molecule has 1 heterocycles. The third-order valence-electron chi connectivity index (χ3n) is 5.59. The summed E-state index contributed by atoms with van der Waals surface area (Å²) in [6.07, 6.45) is 1.81. The summed E-state index contributed by atoms with van der Waals surface area (Å²) in [4.78, 5) is 12.9. The van der Waals surface area contributed by atoms with E-state index in [-0.39, 0.29) is 36.6 Å². The van der Waals surface area contributed by atoms with E-state index in [0.29, 0.717) is 13.0 Å². The molecule has 0 saturated heterocycles. The van der Waals surface area contributed by atoms with Crippen LogP contribution in [0.4, 0.5) is 4.39 Å². The second-order valence-electron chi connectivity index (χ2n) is 8.07. The van der Waals surface area contributed by atoms with Gasteiger partial charge >= 0.3 is 0 Å². The lowest BCUT2D eigenvalue weighted by Crippen LogP contribution is -2.32. The number of nitrogens with one attached hydrogen (secondary N) is 1. The molecule has 0 bridgehead atoms. The summed E-state index contributed by atoms with van der Waals surface area (Å²) < 4.78 is 26.2. The molecule has 0 saturated carbocycles. The highest BCUT2D eigenvalue weighted by Crippen LogP contribution is 2.32. The molecular formula is C27H25FINO4. The van der Waals surface area contributed by atoms with E-state index in [1.807, 2.05) is 54.6 Å². The van der Waals surface area contributed by atoms with Crippen LogP contribution in [0.15, 0.2) is 84.6 Å². The second-order valence-corrected chi connectivity index (χ2v) is 9.31. The van der Waals surface area contributed by atoms with Crippen molar-refractivity contribution in [2.24, 2.45) is 0 Å². The molecule has 2 N–H and O–H groups in total. The summed E-state index contributed by atoms with van der Waals surface area (Å²) in [6.45, 7) is 0.572. The van der Waals surface area contributed by atoms with Crippen LogP contribution in [0.3, 0.4) is 0 Å². The van der Waals surface area contributed by atoms with Gasteiger partial charge in [0, 0.05) is 22.5 Å². The first kappa shape index (κ1) is 24.4. The van der Waals surface area contributed by atoms with Crippen molar-refractivity contribution in [2.75, 3.05) is 0 Å². The molecule has 1 aliphatic heterocycles. The minimum atomic E-state index is -0.599. The third-order valence-corrected chi connectivity index (χ3v) is 6.31. The SMILES string of the molecule is O=C(NCc1ccc(F)cc1)C1=C[C@H](c2ccc(I)cc2)C[C@H](OCc2ccc(CO)cc2)O1. The van der Waals surface area contributed by atoms with Gasteiger partial charge in [-0.25, -0.2) is 4.39 Å². The van der Waals surface area contributed by atoms with E-state index in [2.05, 4.69) is 27.9 Å². The number of carbonyl (C=O) groups is 1. The zero-order chi connectivity index (χ0) is 23.9. The number of halogens is 2. The number of allylic oxidation sites excluding steroid dienone is 1. The Balaban J connectivity index is 1.46. The molecule has 5 nitrogen and oxygen atoms in total. The van der Waals surface area contributed by atoms with Crippen molar-refractivity contribution in [2.45, 2.75) is 38.4 Å². The van der Waals surface area contributed by atoms with E-state index in [1.54, 1.807) is 12.1 Å². The Kier molecular flexibility index (Phi) is 8.31. The van der Waals surface area contributed by atoms with E-state index in [0.717, 1.165) is 25.8 Å². The van der Waals surface area contributed by atoms with Gasteiger partial charge in [0.05, 0.1) is 13.2 Å². The van der Waals surface area contributed by atoms with Crippen molar-refractivity contribution in [3.63, 3.8) is 0 Å². The minimum absolute atomic E-state index is 0.00818. The highest BCUT2D eigenvalue weighted by Gasteiger charge is 2.28. The topological polar surface area (TPSA) is 67.8 Å². The summed E-state index contributed by atoms with van der Waals surface area (Å²) in [6, 6.07) is 21.7. The molecule has 3 aromatic carbocycles. The Labute approximate surface area is 211 Å². The molecule has 2 atom stereocenters. The smallest absolute Gasteiger partial charge is 0.286 e. The van der Waals surface area contributed by atoms with Crippen molar-refractivity contribution in [3.05, 3.63) is 116 Å². The van der Waals surface area contributed by atoms with Gasteiger partial charge in [-0.1, -0.05) is 48.5 Å². The first-order valence-corrected chi connectivity index (χ1v) is 12.0. The van der Waals surface area contributed by atoms with Gasteiger partial charge in [0.2, 0.25) is 6.29 Å². The molecule has 4 rings (SSSR count). The third kappa shape index (κ3) is 6.65. The molecule has 0 aliphatic carbocycles. The molecule has 0 fully saturated rings. The average molecular weight is 573 g/mol. The van der Waals surface area contributed by atoms with Gasteiger partial charge in [-0.15, -0.1) is 0 Å². The maximum absolute atomic E-state index is 13.1. The van der Waals surface area contributed by atoms with Crippen molar-refractivity contribution in [3.8, 4) is 0 Å². The molecule has 0 unspecified atom stereocenters. The monoisotopic (exact) mass is 573 g/mol. The number of carbonyl (C=O) groups excluding carboxylic acids is 1. The van der Waals surface area contributed by atoms with E-state index < -0.39 is 6.29 Å². The molecule has 7 heteroatoms. The fraction of sp³-hybridized carbons (Fsp3) is 0.222. The molecule has 34 heavy (non-hydrogen) atoms. The van der Waals surface area contributed by atoms with Crippen LogP contribution < -0.4 is 5.32 Å². The van der Waals surface area contributed by atoms with E-state index in [1.165, 1.54) is 12.1 Å². The predicted molar refractivity (Wildman–Crippen MR) is 135 cm³/mol. The molecule has 176 valence electrons. The van der Waals surface area contributed by atoms with Gasteiger partial charge in [-0.3, -0.25) is 4.79 Å². The highest BCUT2D eigenvalue weighted by atomic mass is 127. The molecule has 3 aromatic rings. The Morgan fingerprint density at radius 3 is 2.32 bits per heavy atom. The Hall–Kier alpha value is -2.75. The lowest BCUT2D eigenvalue weighted by molar-refractivity contribution is -0.150. The lowest BCUT2D eigenvalue weighted by Gasteiger charge is -2.29. The van der Waals surface area contributed by atoms with Gasteiger partial charge in [0.25, 0.3) is 5.91 Å². The molecule has 0 spiro atoms. The summed E-state index contributed by atoms with van der Waals surface area (Å²) in [5.41, 5.74) is 3.65. The maximum atomic E-state index is 13.1. The molecule has 1 amide bonds. The van der Waals surface area contributed by atoms with Gasteiger partial charge in [-0.05, 0) is 75.2 Å². The summed E-state index contributed by atoms with van der Waals surface area (Å²) in [5, 5.41) is 12.1.